The molecule has 142 valence electrons. The third-order valence-corrected chi connectivity index (χ3v) is 3.35. The number of hydrogen-bond donors (Lipinski definition) is 0. The maximum Gasteiger partial charge on any atom is 0.341 e. The molecular formula is C17H19F3N2O4. The molecule has 0 aliphatic rings. The zero-order valence-electron chi connectivity index (χ0n) is 14.6. The van der Waals surface area contributed by atoms with Crippen LogP contribution in [0.4, 0.5) is 13.2 Å². The Balaban J connectivity index is 2.68. The van der Waals surface area contributed by atoms with Gasteiger partial charge in [-0.3, -0.25) is 0 Å². The maximum atomic E-state index is 14.2. The largest absolute Gasteiger partial charge is 0.462 e. The molecule has 0 bridgehead atoms. The first kappa shape index (κ1) is 19.9. The number of aromatic nitrogens is 2. The molecule has 0 unspecified atom stereocenters. The molecule has 2 aromatic rings. The van der Waals surface area contributed by atoms with E-state index in [1.54, 1.807) is 20.8 Å². The van der Waals surface area contributed by atoms with E-state index < -0.39 is 35.4 Å². The fraction of sp³-hybridized carbons (Fsp3) is 0.412. The van der Waals surface area contributed by atoms with Crippen molar-refractivity contribution in [3.05, 3.63) is 47.0 Å². The van der Waals surface area contributed by atoms with Crippen LogP contribution in [0.15, 0.2) is 18.3 Å². The summed E-state index contributed by atoms with van der Waals surface area (Å²) < 4.78 is 58.4. The molecule has 1 heterocycles. The lowest BCUT2D eigenvalue weighted by Crippen LogP contribution is -2.19. The highest BCUT2D eigenvalue weighted by Gasteiger charge is 2.30. The standard InChI is InChI=1S/C17H19F3N2O4/c1-4-24-16(23)11-9-21-22(14(11)17(25-5-2)26-6-3)15-12(19)7-10(18)8-13(15)20/h7-9,17H,4-6H2,1-3H3. The van der Waals surface area contributed by atoms with Crippen molar-refractivity contribution in [3.8, 4) is 5.69 Å². The minimum atomic E-state index is -1.19. The van der Waals surface area contributed by atoms with Crippen LogP contribution >= 0.6 is 0 Å². The van der Waals surface area contributed by atoms with Crippen molar-refractivity contribution in [2.24, 2.45) is 0 Å². The number of carbonyl (C=O) groups excluding carboxylic acids is 1. The lowest BCUT2D eigenvalue weighted by atomic mass is 10.2. The molecule has 1 aromatic carbocycles. The first-order valence-corrected chi connectivity index (χ1v) is 8.07. The Morgan fingerprint density at radius 1 is 1.08 bits per heavy atom. The number of nitrogens with zero attached hydrogens (tertiary/aromatic N) is 2. The Morgan fingerprint density at radius 3 is 2.15 bits per heavy atom. The van der Waals surface area contributed by atoms with Crippen LogP contribution in [0.3, 0.4) is 0 Å². The van der Waals surface area contributed by atoms with E-state index in [2.05, 4.69) is 5.10 Å². The fourth-order valence-electron chi connectivity index (χ4n) is 2.37. The molecule has 2 rings (SSSR count). The molecule has 0 radical (unpaired) electrons. The molecule has 9 heteroatoms. The fourth-order valence-corrected chi connectivity index (χ4v) is 2.37. The topological polar surface area (TPSA) is 62.6 Å². The lowest BCUT2D eigenvalue weighted by Gasteiger charge is -2.20. The van der Waals surface area contributed by atoms with Crippen molar-refractivity contribution >= 4 is 5.97 Å². The normalized spacial score (nSPS) is 11.2. The molecule has 0 N–H and O–H groups in total. The van der Waals surface area contributed by atoms with Crippen LogP contribution in [0.25, 0.3) is 5.69 Å². The molecular weight excluding hydrogens is 353 g/mol. The van der Waals surface area contributed by atoms with Gasteiger partial charge in [-0.25, -0.2) is 22.6 Å². The first-order chi connectivity index (χ1) is 12.4. The predicted octanol–water partition coefficient (Wildman–Crippen LogP) is 3.54. The summed E-state index contributed by atoms with van der Waals surface area (Å²) in [7, 11) is 0. The average Bonchev–Trinajstić information content (AvgIpc) is 2.98. The molecule has 0 saturated heterocycles. The summed E-state index contributed by atoms with van der Waals surface area (Å²) in [4.78, 5) is 12.2. The molecule has 0 saturated carbocycles. The Bertz CT molecular complexity index is 750. The third-order valence-electron chi connectivity index (χ3n) is 3.35. The monoisotopic (exact) mass is 372 g/mol. The van der Waals surface area contributed by atoms with Crippen LogP contribution in [0, 0.1) is 17.5 Å². The van der Waals surface area contributed by atoms with Crippen LogP contribution in [-0.4, -0.2) is 35.6 Å². The van der Waals surface area contributed by atoms with Crippen LogP contribution in [0.2, 0.25) is 0 Å². The Labute approximate surface area is 148 Å². The van der Waals surface area contributed by atoms with Gasteiger partial charge in [-0.2, -0.15) is 5.10 Å². The van der Waals surface area contributed by atoms with Gasteiger partial charge in [0.15, 0.2) is 11.6 Å². The van der Waals surface area contributed by atoms with E-state index in [0.29, 0.717) is 12.1 Å². The number of halogens is 3. The van der Waals surface area contributed by atoms with Gasteiger partial charge in [-0.15, -0.1) is 0 Å². The highest BCUT2D eigenvalue weighted by Crippen LogP contribution is 2.29. The maximum absolute atomic E-state index is 14.2. The summed E-state index contributed by atoms with van der Waals surface area (Å²) in [6.07, 6.45) is -0.0311. The zero-order chi connectivity index (χ0) is 19.3. The number of ether oxygens (including phenoxy) is 3. The molecule has 0 fully saturated rings. The van der Waals surface area contributed by atoms with Gasteiger partial charge in [0.05, 0.1) is 12.8 Å². The van der Waals surface area contributed by atoms with Crippen molar-refractivity contribution in [2.45, 2.75) is 27.1 Å². The summed E-state index contributed by atoms with van der Waals surface area (Å²) in [5.41, 5.74) is -0.764. The van der Waals surface area contributed by atoms with Crippen LogP contribution in [-0.2, 0) is 14.2 Å². The molecule has 6 nitrogen and oxygen atoms in total. The second kappa shape index (κ2) is 8.81. The Kier molecular flexibility index (Phi) is 6.76. The van der Waals surface area contributed by atoms with Gasteiger partial charge in [-0.1, -0.05) is 0 Å². The van der Waals surface area contributed by atoms with Crippen molar-refractivity contribution in [1.82, 2.24) is 9.78 Å². The van der Waals surface area contributed by atoms with Crippen molar-refractivity contribution in [3.63, 3.8) is 0 Å². The number of benzene rings is 1. The zero-order valence-corrected chi connectivity index (χ0v) is 14.6. The van der Waals surface area contributed by atoms with Gasteiger partial charge < -0.3 is 14.2 Å². The highest BCUT2D eigenvalue weighted by atomic mass is 19.1. The Morgan fingerprint density at radius 2 is 1.65 bits per heavy atom. The summed E-state index contributed by atoms with van der Waals surface area (Å²) in [6.45, 7) is 5.49. The first-order valence-electron chi connectivity index (χ1n) is 8.07. The van der Waals surface area contributed by atoms with Crippen LogP contribution in [0.5, 0.6) is 0 Å². The predicted molar refractivity (Wildman–Crippen MR) is 85.4 cm³/mol. The van der Waals surface area contributed by atoms with Gasteiger partial charge in [-0.05, 0) is 20.8 Å². The number of carbonyl (C=O) groups is 1. The second-order valence-electron chi connectivity index (χ2n) is 5.04. The molecule has 0 atom stereocenters. The van der Waals surface area contributed by atoms with E-state index in [0.717, 1.165) is 10.9 Å². The Hall–Kier alpha value is -2.39. The molecule has 0 amide bonds. The smallest absolute Gasteiger partial charge is 0.341 e. The van der Waals surface area contributed by atoms with Gasteiger partial charge in [0.1, 0.15) is 22.8 Å². The van der Waals surface area contributed by atoms with Crippen molar-refractivity contribution < 1.29 is 32.2 Å². The summed E-state index contributed by atoms with van der Waals surface area (Å²) in [5, 5.41) is 3.88. The van der Waals surface area contributed by atoms with Gasteiger partial charge >= 0.3 is 5.97 Å². The average molecular weight is 372 g/mol. The van der Waals surface area contributed by atoms with E-state index in [1.807, 2.05) is 0 Å². The quantitative estimate of drug-likeness (QED) is 0.524. The summed E-state index contributed by atoms with van der Waals surface area (Å²) >= 11 is 0. The molecule has 0 spiro atoms. The van der Waals surface area contributed by atoms with Crippen LogP contribution < -0.4 is 0 Å². The third kappa shape index (κ3) is 4.05. The molecule has 26 heavy (non-hydrogen) atoms. The minimum Gasteiger partial charge on any atom is -0.462 e. The SMILES string of the molecule is CCOC(=O)c1cnn(-c2c(F)cc(F)cc2F)c1C(OCC)OCC. The highest BCUT2D eigenvalue weighted by molar-refractivity contribution is 5.90. The van der Waals surface area contributed by atoms with Gasteiger partial charge in [0.25, 0.3) is 0 Å². The molecule has 0 aliphatic carbocycles. The minimum absolute atomic E-state index is 0.0449. The van der Waals surface area contributed by atoms with E-state index in [4.69, 9.17) is 14.2 Å². The van der Waals surface area contributed by atoms with E-state index in [1.165, 1.54) is 0 Å². The second-order valence-corrected chi connectivity index (χ2v) is 5.04. The van der Waals surface area contributed by atoms with Crippen molar-refractivity contribution in [2.75, 3.05) is 19.8 Å². The van der Waals surface area contributed by atoms with Gasteiger partial charge in [0, 0.05) is 25.3 Å². The van der Waals surface area contributed by atoms with Gasteiger partial charge in [0.2, 0.25) is 6.29 Å². The van der Waals surface area contributed by atoms with Crippen LogP contribution in [0.1, 0.15) is 43.1 Å². The molecule has 1 aromatic heterocycles. The van der Waals surface area contributed by atoms with Crippen molar-refractivity contribution in [1.29, 1.82) is 0 Å². The number of hydrogen-bond acceptors (Lipinski definition) is 5. The lowest BCUT2D eigenvalue weighted by molar-refractivity contribution is -0.144. The van der Waals surface area contributed by atoms with E-state index in [9.17, 15) is 18.0 Å². The summed E-state index contributed by atoms with van der Waals surface area (Å²) in [6, 6.07) is 1.04. The summed E-state index contributed by atoms with van der Waals surface area (Å²) in [5.74, 6) is -4.20. The van der Waals surface area contributed by atoms with E-state index in [-0.39, 0.29) is 31.1 Å². The number of rotatable bonds is 8. The van der Waals surface area contributed by atoms with E-state index >= 15 is 0 Å². The number of esters is 1. The molecule has 0 aliphatic heterocycles.